The number of rotatable bonds is 5. The van der Waals surface area contributed by atoms with Crippen LogP contribution < -0.4 is 10.1 Å². The number of hydrogen-bond acceptors (Lipinski definition) is 3. The van der Waals surface area contributed by atoms with Crippen LogP contribution in [0.2, 0.25) is 5.02 Å². The van der Waals surface area contributed by atoms with E-state index >= 15 is 0 Å². The summed E-state index contributed by atoms with van der Waals surface area (Å²) in [4.78, 5) is 23.3. The Morgan fingerprint density at radius 1 is 1.36 bits per heavy atom. The summed E-state index contributed by atoms with van der Waals surface area (Å²) in [5.74, 6) is -0.899. The topological polar surface area (TPSA) is 75.6 Å². The van der Waals surface area contributed by atoms with E-state index in [2.05, 4.69) is 5.32 Å². The van der Waals surface area contributed by atoms with Crippen molar-refractivity contribution in [2.75, 3.05) is 7.11 Å². The van der Waals surface area contributed by atoms with Gasteiger partial charge in [0, 0.05) is 23.0 Å². The predicted molar refractivity (Wildman–Crippen MR) is 82.9 cm³/mol. The molecule has 0 saturated heterocycles. The molecule has 1 aliphatic carbocycles. The third-order valence-electron chi connectivity index (χ3n) is 4.09. The Labute approximate surface area is 134 Å². The number of carboxylic acid groups (broad SMARTS) is 1. The van der Waals surface area contributed by atoms with Gasteiger partial charge in [-0.05, 0) is 37.5 Å². The zero-order valence-electron chi connectivity index (χ0n) is 12.5. The first kappa shape index (κ1) is 16.6. The predicted octanol–water partition coefficient (Wildman–Crippen LogP) is 2.86. The molecule has 1 amide bonds. The Morgan fingerprint density at radius 2 is 2.09 bits per heavy atom. The first-order valence-corrected chi connectivity index (χ1v) is 7.72. The lowest BCUT2D eigenvalue weighted by Gasteiger charge is -2.25. The smallest absolute Gasteiger partial charge is 0.306 e. The number of nitrogens with one attached hydrogen (secondary N) is 1. The number of carbonyl (C=O) groups is 2. The molecule has 0 spiro atoms. The fourth-order valence-corrected chi connectivity index (χ4v) is 3.06. The maximum absolute atomic E-state index is 12.2. The number of carbonyl (C=O) groups excluding carboxylic acids is 1. The van der Waals surface area contributed by atoms with Gasteiger partial charge in [0.25, 0.3) is 0 Å². The number of amides is 1. The number of benzene rings is 1. The number of carboxylic acids is 1. The van der Waals surface area contributed by atoms with Crippen molar-refractivity contribution < 1.29 is 19.4 Å². The molecule has 6 heteroatoms. The molecule has 0 radical (unpaired) electrons. The normalized spacial score (nSPS) is 21.2. The molecule has 120 valence electrons. The van der Waals surface area contributed by atoms with Crippen LogP contribution in [0.4, 0.5) is 0 Å². The van der Waals surface area contributed by atoms with Gasteiger partial charge in [0.1, 0.15) is 5.75 Å². The Kier molecular flexibility index (Phi) is 5.66. The van der Waals surface area contributed by atoms with Crippen molar-refractivity contribution in [2.24, 2.45) is 11.8 Å². The van der Waals surface area contributed by atoms with E-state index in [4.69, 9.17) is 21.4 Å². The lowest BCUT2D eigenvalue weighted by molar-refractivity contribution is -0.144. The van der Waals surface area contributed by atoms with Gasteiger partial charge in [-0.15, -0.1) is 0 Å². The van der Waals surface area contributed by atoms with Crippen LogP contribution in [0.3, 0.4) is 0 Å². The largest absolute Gasteiger partial charge is 0.496 e. The second-order valence-electron chi connectivity index (χ2n) is 5.57. The molecule has 2 rings (SSSR count). The minimum Gasteiger partial charge on any atom is -0.496 e. The fourth-order valence-electron chi connectivity index (χ4n) is 2.86. The van der Waals surface area contributed by atoms with Crippen molar-refractivity contribution in [2.45, 2.75) is 32.2 Å². The minimum absolute atomic E-state index is 0.104. The zero-order valence-corrected chi connectivity index (χ0v) is 13.2. The maximum Gasteiger partial charge on any atom is 0.306 e. The van der Waals surface area contributed by atoms with Crippen LogP contribution >= 0.6 is 11.6 Å². The highest BCUT2D eigenvalue weighted by molar-refractivity contribution is 6.30. The molecule has 1 aliphatic rings. The molecule has 0 aliphatic heterocycles. The summed E-state index contributed by atoms with van der Waals surface area (Å²) in [7, 11) is 1.56. The molecule has 1 fully saturated rings. The summed E-state index contributed by atoms with van der Waals surface area (Å²) in [6.45, 7) is 0.316. The van der Waals surface area contributed by atoms with Gasteiger partial charge < -0.3 is 15.2 Å². The molecule has 22 heavy (non-hydrogen) atoms. The molecule has 2 atom stereocenters. The van der Waals surface area contributed by atoms with Crippen LogP contribution in [0.25, 0.3) is 0 Å². The van der Waals surface area contributed by atoms with Gasteiger partial charge in [-0.2, -0.15) is 0 Å². The zero-order chi connectivity index (χ0) is 16.1. The highest BCUT2D eigenvalue weighted by atomic mass is 35.5. The first-order chi connectivity index (χ1) is 10.5. The number of aliphatic carboxylic acids is 1. The number of ether oxygens (including phenoxy) is 1. The maximum atomic E-state index is 12.2. The van der Waals surface area contributed by atoms with Crippen molar-refractivity contribution in [3.8, 4) is 5.75 Å². The number of hydrogen-bond donors (Lipinski definition) is 2. The monoisotopic (exact) mass is 325 g/mol. The van der Waals surface area contributed by atoms with Gasteiger partial charge in [0.2, 0.25) is 5.91 Å². The second kappa shape index (κ2) is 7.49. The molecule has 5 nitrogen and oxygen atoms in total. The van der Waals surface area contributed by atoms with E-state index in [0.717, 1.165) is 18.4 Å². The van der Waals surface area contributed by atoms with Gasteiger partial charge >= 0.3 is 5.97 Å². The third-order valence-corrected chi connectivity index (χ3v) is 4.32. The average molecular weight is 326 g/mol. The Morgan fingerprint density at radius 3 is 2.77 bits per heavy atom. The summed E-state index contributed by atoms with van der Waals surface area (Å²) in [6, 6.07) is 5.23. The molecular formula is C16H20ClNO4. The van der Waals surface area contributed by atoms with Crippen molar-refractivity contribution in [3.05, 3.63) is 28.8 Å². The van der Waals surface area contributed by atoms with Gasteiger partial charge in [-0.25, -0.2) is 0 Å². The summed E-state index contributed by atoms with van der Waals surface area (Å²) in [5.41, 5.74) is 0.800. The number of halogens is 1. The van der Waals surface area contributed by atoms with Gasteiger partial charge in [0.05, 0.1) is 13.0 Å². The summed E-state index contributed by atoms with van der Waals surface area (Å²) >= 11 is 5.96. The van der Waals surface area contributed by atoms with Crippen LogP contribution in [0.5, 0.6) is 5.75 Å². The minimum atomic E-state index is -0.811. The van der Waals surface area contributed by atoms with Crippen LogP contribution in [-0.2, 0) is 16.1 Å². The van der Waals surface area contributed by atoms with E-state index in [0.29, 0.717) is 30.2 Å². The average Bonchev–Trinajstić information content (AvgIpc) is 2.52. The molecule has 1 aromatic rings. The van der Waals surface area contributed by atoms with Gasteiger partial charge in [0.15, 0.2) is 0 Å². The van der Waals surface area contributed by atoms with Crippen LogP contribution in [-0.4, -0.2) is 24.1 Å². The van der Waals surface area contributed by atoms with E-state index in [9.17, 15) is 9.59 Å². The van der Waals surface area contributed by atoms with Gasteiger partial charge in [-0.3, -0.25) is 9.59 Å². The lowest BCUT2D eigenvalue weighted by atomic mass is 9.81. The van der Waals surface area contributed by atoms with E-state index in [1.807, 2.05) is 0 Å². The van der Waals surface area contributed by atoms with Crippen molar-refractivity contribution in [3.63, 3.8) is 0 Å². The van der Waals surface area contributed by atoms with Crippen LogP contribution in [0, 0.1) is 11.8 Å². The van der Waals surface area contributed by atoms with Crippen molar-refractivity contribution in [1.82, 2.24) is 5.32 Å². The molecule has 1 aromatic carbocycles. The fraction of sp³-hybridized carbons (Fsp3) is 0.500. The van der Waals surface area contributed by atoms with E-state index in [1.165, 1.54) is 0 Å². The second-order valence-corrected chi connectivity index (χ2v) is 6.01. The molecule has 0 bridgehead atoms. The summed E-state index contributed by atoms with van der Waals surface area (Å²) < 4.78 is 5.24. The van der Waals surface area contributed by atoms with Crippen LogP contribution in [0.15, 0.2) is 18.2 Å². The molecule has 2 unspecified atom stereocenters. The molecule has 1 saturated carbocycles. The molecule has 0 aromatic heterocycles. The summed E-state index contributed by atoms with van der Waals surface area (Å²) in [6.07, 6.45) is 2.58. The van der Waals surface area contributed by atoms with E-state index in [1.54, 1.807) is 25.3 Å². The van der Waals surface area contributed by atoms with Crippen molar-refractivity contribution >= 4 is 23.5 Å². The van der Waals surface area contributed by atoms with Crippen molar-refractivity contribution in [1.29, 1.82) is 0 Å². The van der Waals surface area contributed by atoms with E-state index < -0.39 is 11.9 Å². The molecule has 2 N–H and O–H groups in total. The summed E-state index contributed by atoms with van der Waals surface area (Å²) in [5, 5.41) is 12.5. The quantitative estimate of drug-likeness (QED) is 0.872. The standard InChI is InChI=1S/C16H20ClNO4/c1-22-14-6-5-13(17)8-12(14)9-18-15(19)10-3-2-4-11(7-10)16(20)21/h5-6,8,10-11H,2-4,7,9H2,1H3,(H,18,19)(H,20,21). The number of methoxy groups -OCH3 is 1. The Bertz CT molecular complexity index is 561. The molecular weight excluding hydrogens is 306 g/mol. The molecule has 0 heterocycles. The Hall–Kier alpha value is -1.75. The highest BCUT2D eigenvalue weighted by Gasteiger charge is 2.30. The van der Waals surface area contributed by atoms with Gasteiger partial charge in [-0.1, -0.05) is 18.0 Å². The lowest BCUT2D eigenvalue weighted by Crippen LogP contribution is -2.35. The highest BCUT2D eigenvalue weighted by Crippen LogP contribution is 2.29. The van der Waals surface area contributed by atoms with Crippen LogP contribution in [0.1, 0.15) is 31.2 Å². The third kappa shape index (κ3) is 4.13. The first-order valence-electron chi connectivity index (χ1n) is 7.34. The SMILES string of the molecule is COc1ccc(Cl)cc1CNC(=O)C1CCCC(C(=O)O)C1. The van der Waals surface area contributed by atoms with E-state index in [-0.39, 0.29) is 11.8 Å². The Balaban J connectivity index is 1.95.